The zero-order chi connectivity index (χ0) is 18.6. The smallest absolute Gasteiger partial charge is 0.263 e. The molecule has 0 atom stereocenters. The molecule has 0 saturated carbocycles. The predicted molar refractivity (Wildman–Crippen MR) is 97.0 cm³/mol. The van der Waals surface area contributed by atoms with Crippen molar-refractivity contribution < 1.29 is 19.1 Å². The molecular formula is C18H19ClN2O4. The predicted octanol–water partition coefficient (Wildman–Crippen LogP) is 3.31. The molecule has 6 nitrogen and oxygen atoms in total. The lowest BCUT2D eigenvalue weighted by molar-refractivity contribution is 0.0827. The summed E-state index contributed by atoms with van der Waals surface area (Å²) in [7, 11) is 6.23. The van der Waals surface area contributed by atoms with Gasteiger partial charge in [0.05, 0.1) is 24.8 Å². The van der Waals surface area contributed by atoms with E-state index in [1.54, 1.807) is 44.4 Å². The van der Waals surface area contributed by atoms with E-state index in [4.69, 9.17) is 21.1 Å². The number of benzene rings is 2. The van der Waals surface area contributed by atoms with Crippen LogP contribution in [0.5, 0.6) is 11.5 Å². The average Bonchev–Trinajstić information content (AvgIpc) is 2.60. The van der Waals surface area contributed by atoms with Crippen molar-refractivity contribution in [3.8, 4) is 11.5 Å². The van der Waals surface area contributed by atoms with Crippen LogP contribution in [0.15, 0.2) is 36.4 Å². The number of carbonyl (C=O) groups excluding carboxylic acids is 2. The molecule has 0 fully saturated rings. The third-order valence-corrected chi connectivity index (χ3v) is 3.83. The molecule has 1 N–H and O–H groups in total. The second kappa shape index (κ2) is 7.90. The van der Waals surface area contributed by atoms with Crippen LogP contribution in [0.3, 0.4) is 0 Å². The molecule has 0 aliphatic carbocycles. The van der Waals surface area contributed by atoms with E-state index in [-0.39, 0.29) is 16.5 Å². The van der Waals surface area contributed by atoms with Crippen molar-refractivity contribution in [1.29, 1.82) is 0 Å². The molecule has 7 heteroatoms. The van der Waals surface area contributed by atoms with Crippen molar-refractivity contribution in [2.24, 2.45) is 0 Å². The molecule has 0 radical (unpaired) electrons. The Kier molecular flexibility index (Phi) is 5.88. The molecule has 2 amide bonds. The van der Waals surface area contributed by atoms with E-state index in [0.717, 1.165) is 0 Å². The normalized spacial score (nSPS) is 10.1. The van der Waals surface area contributed by atoms with Crippen molar-refractivity contribution in [2.45, 2.75) is 0 Å². The van der Waals surface area contributed by atoms with Gasteiger partial charge in [-0.2, -0.15) is 0 Å². The zero-order valence-electron chi connectivity index (χ0n) is 14.4. The van der Waals surface area contributed by atoms with E-state index < -0.39 is 5.91 Å². The van der Waals surface area contributed by atoms with Crippen LogP contribution in [0.25, 0.3) is 0 Å². The minimum Gasteiger partial charge on any atom is -0.496 e. The Labute approximate surface area is 151 Å². The third-order valence-electron chi connectivity index (χ3n) is 3.52. The summed E-state index contributed by atoms with van der Waals surface area (Å²) in [6.45, 7) is 0. The van der Waals surface area contributed by atoms with Gasteiger partial charge in [0.2, 0.25) is 0 Å². The molecular weight excluding hydrogens is 344 g/mol. The van der Waals surface area contributed by atoms with Gasteiger partial charge in [-0.1, -0.05) is 17.7 Å². The number of carbonyl (C=O) groups is 2. The highest BCUT2D eigenvalue weighted by atomic mass is 35.5. The molecule has 0 aliphatic rings. The Bertz CT molecular complexity index is 783. The van der Waals surface area contributed by atoms with Crippen LogP contribution >= 0.6 is 11.6 Å². The highest BCUT2D eigenvalue weighted by Gasteiger charge is 2.19. The van der Waals surface area contributed by atoms with Gasteiger partial charge in [-0.15, -0.1) is 0 Å². The van der Waals surface area contributed by atoms with Gasteiger partial charge in [-0.3, -0.25) is 9.59 Å². The zero-order valence-corrected chi connectivity index (χ0v) is 15.2. The van der Waals surface area contributed by atoms with Gasteiger partial charge in [0, 0.05) is 19.8 Å². The minimum atomic E-state index is -0.406. The van der Waals surface area contributed by atoms with Gasteiger partial charge in [-0.05, 0) is 30.3 Å². The fraction of sp³-hybridized carbons (Fsp3) is 0.222. The summed E-state index contributed by atoms with van der Waals surface area (Å²) in [6, 6.07) is 9.78. The Morgan fingerprint density at radius 3 is 2.12 bits per heavy atom. The first-order valence-corrected chi connectivity index (χ1v) is 7.80. The number of anilines is 1. The molecule has 132 valence electrons. The Morgan fingerprint density at radius 2 is 1.64 bits per heavy atom. The van der Waals surface area contributed by atoms with Crippen LogP contribution in [0.4, 0.5) is 5.69 Å². The first-order chi connectivity index (χ1) is 11.9. The maximum atomic E-state index is 12.6. The molecule has 0 saturated heterocycles. The molecule has 0 aromatic heterocycles. The Morgan fingerprint density at radius 1 is 1.04 bits per heavy atom. The maximum Gasteiger partial charge on any atom is 0.263 e. The molecule has 2 aromatic carbocycles. The minimum absolute atomic E-state index is 0.214. The van der Waals surface area contributed by atoms with Gasteiger partial charge in [-0.25, -0.2) is 0 Å². The number of hydrogen-bond acceptors (Lipinski definition) is 4. The second-order valence-corrected chi connectivity index (χ2v) is 5.79. The fourth-order valence-electron chi connectivity index (χ4n) is 2.28. The van der Waals surface area contributed by atoms with E-state index in [1.807, 2.05) is 0 Å². The van der Waals surface area contributed by atoms with Gasteiger partial charge in [0.15, 0.2) is 0 Å². The summed E-state index contributed by atoms with van der Waals surface area (Å²) in [4.78, 5) is 26.1. The van der Waals surface area contributed by atoms with Crippen LogP contribution in [0.2, 0.25) is 5.02 Å². The number of rotatable bonds is 5. The first-order valence-electron chi connectivity index (χ1n) is 7.42. The number of nitrogens with one attached hydrogen (secondary N) is 1. The van der Waals surface area contributed by atoms with Crippen LogP contribution in [-0.4, -0.2) is 45.0 Å². The maximum absolute atomic E-state index is 12.6. The lowest BCUT2D eigenvalue weighted by Crippen LogP contribution is -2.22. The van der Waals surface area contributed by atoms with Gasteiger partial charge >= 0.3 is 0 Å². The molecule has 0 aliphatic heterocycles. The quantitative estimate of drug-likeness (QED) is 0.886. The van der Waals surface area contributed by atoms with Crippen molar-refractivity contribution in [3.63, 3.8) is 0 Å². The van der Waals surface area contributed by atoms with E-state index >= 15 is 0 Å². The van der Waals surface area contributed by atoms with Crippen molar-refractivity contribution in [3.05, 3.63) is 52.5 Å². The third kappa shape index (κ3) is 4.03. The van der Waals surface area contributed by atoms with Crippen LogP contribution in [0.1, 0.15) is 20.7 Å². The van der Waals surface area contributed by atoms with Gasteiger partial charge in [0.1, 0.15) is 17.1 Å². The van der Waals surface area contributed by atoms with E-state index in [2.05, 4.69) is 5.32 Å². The number of hydrogen-bond donors (Lipinski definition) is 1. The summed E-state index contributed by atoms with van der Waals surface area (Å²) in [5.74, 6) is 0.163. The van der Waals surface area contributed by atoms with Gasteiger partial charge in [0.25, 0.3) is 11.8 Å². The summed E-state index contributed by atoms with van der Waals surface area (Å²) in [6.07, 6.45) is 0. The Hall–Kier alpha value is -2.73. The largest absolute Gasteiger partial charge is 0.496 e. The standard InChI is InChI=1S/C18H19ClN2O4/c1-21(2)18(23)12-9-8-11(10-13(12)19)20-17(22)16-14(24-3)6-5-7-15(16)25-4/h5-10H,1-4H3,(H,20,22). The van der Waals surface area contributed by atoms with Crippen LogP contribution in [-0.2, 0) is 0 Å². The van der Waals surface area contributed by atoms with E-state index in [9.17, 15) is 9.59 Å². The first kappa shape index (κ1) is 18.6. The van der Waals surface area contributed by atoms with E-state index in [1.165, 1.54) is 25.2 Å². The molecule has 0 spiro atoms. The lowest BCUT2D eigenvalue weighted by atomic mass is 10.1. The number of amides is 2. The summed E-state index contributed by atoms with van der Waals surface area (Å²) >= 11 is 6.17. The SMILES string of the molecule is COc1cccc(OC)c1C(=O)Nc1ccc(C(=O)N(C)C)c(Cl)c1. The van der Waals surface area contributed by atoms with Gasteiger partial charge < -0.3 is 19.7 Å². The van der Waals surface area contributed by atoms with Crippen molar-refractivity contribution in [1.82, 2.24) is 4.90 Å². The highest BCUT2D eigenvalue weighted by Crippen LogP contribution is 2.30. The summed E-state index contributed by atoms with van der Waals surface area (Å²) in [5, 5.41) is 2.99. The lowest BCUT2D eigenvalue weighted by Gasteiger charge is -2.14. The summed E-state index contributed by atoms with van der Waals surface area (Å²) < 4.78 is 10.5. The molecule has 2 rings (SSSR count). The highest BCUT2D eigenvalue weighted by molar-refractivity contribution is 6.34. The molecule has 0 unspecified atom stereocenters. The van der Waals surface area contributed by atoms with Crippen LogP contribution in [0, 0.1) is 0 Å². The fourth-order valence-corrected chi connectivity index (χ4v) is 2.54. The monoisotopic (exact) mass is 362 g/mol. The van der Waals surface area contributed by atoms with Crippen molar-refractivity contribution in [2.75, 3.05) is 33.6 Å². The Balaban J connectivity index is 2.30. The second-order valence-electron chi connectivity index (χ2n) is 5.39. The number of halogens is 1. The summed E-state index contributed by atoms with van der Waals surface area (Å²) in [5.41, 5.74) is 1.09. The van der Waals surface area contributed by atoms with E-state index in [0.29, 0.717) is 22.7 Å². The topological polar surface area (TPSA) is 67.9 Å². The molecule has 25 heavy (non-hydrogen) atoms. The molecule has 0 bridgehead atoms. The number of ether oxygens (including phenoxy) is 2. The number of methoxy groups -OCH3 is 2. The molecule has 0 heterocycles. The van der Waals surface area contributed by atoms with Crippen LogP contribution < -0.4 is 14.8 Å². The molecule has 2 aromatic rings. The average molecular weight is 363 g/mol. The number of nitrogens with zero attached hydrogens (tertiary/aromatic N) is 1. The van der Waals surface area contributed by atoms with Crippen molar-refractivity contribution >= 4 is 29.1 Å².